The molecule has 0 bridgehead atoms. The number of likely N-dealkylation sites (tertiary alicyclic amines) is 1. The van der Waals surface area contributed by atoms with E-state index in [1.165, 1.54) is 0 Å². The van der Waals surface area contributed by atoms with E-state index < -0.39 is 0 Å². The first-order valence-electron chi connectivity index (χ1n) is 18.7. The maximum Gasteiger partial charge on any atom is 0.223 e. The van der Waals surface area contributed by atoms with E-state index in [9.17, 15) is 9.59 Å². The molecule has 0 spiro atoms. The summed E-state index contributed by atoms with van der Waals surface area (Å²) in [5, 5.41) is 2.14. The molecular formula is C41H50N6O3. The Hall–Kier alpha value is -4.66. The fourth-order valence-corrected chi connectivity index (χ4v) is 8.11. The number of imidazole rings is 2. The number of H-pyrrole nitrogens is 2. The summed E-state index contributed by atoms with van der Waals surface area (Å²) in [7, 11) is 0. The average Bonchev–Trinajstić information content (AvgIpc) is 3.89. The van der Waals surface area contributed by atoms with Gasteiger partial charge in [-0.3, -0.25) is 9.59 Å². The fourth-order valence-electron chi connectivity index (χ4n) is 8.11. The predicted octanol–water partition coefficient (Wildman–Crippen LogP) is 9.40. The van der Waals surface area contributed by atoms with Gasteiger partial charge in [-0.05, 0) is 98.7 Å². The minimum absolute atomic E-state index is 0.0204. The van der Waals surface area contributed by atoms with Crippen LogP contribution in [0.2, 0.25) is 0 Å². The molecule has 1 saturated heterocycles. The zero-order valence-corrected chi connectivity index (χ0v) is 30.3. The van der Waals surface area contributed by atoms with E-state index in [-0.39, 0.29) is 36.0 Å². The molecule has 0 aliphatic carbocycles. The van der Waals surface area contributed by atoms with Crippen molar-refractivity contribution in [1.82, 2.24) is 29.7 Å². The summed E-state index contributed by atoms with van der Waals surface area (Å²) in [6.45, 7) is 13.0. The van der Waals surface area contributed by atoms with Crippen LogP contribution in [0, 0.1) is 0 Å². The summed E-state index contributed by atoms with van der Waals surface area (Å²) >= 11 is 0. The molecule has 9 nitrogen and oxygen atoms in total. The van der Waals surface area contributed by atoms with Gasteiger partial charge in [0.15, 0.2) is 0 Å². The van der Waals surface area contributed by atoms with Gasteiger partial charge in [-0.25, -0.2) is 9.97 Å². The zero-order valence-electron chi connectivity index (χ0n) is 30.3. The molecule has 0 saturated carbocycles. The Morgan fingerprint density at radius 2 is 1.80 bits per heavy atom. The third-order valence-electron chi connectivity index (χ3n) is 10.9. The van der Waals surface area contributed by atoms with Crippen LogP contribution in [0.4, 0.5) is 0 Å². The van der Waals surface area contributed by atoms with Crippen molar-refractivity contribution in [2.45, 2.75) is 124 Å². The van der Waals surface area contributed by atoms with Crippen molar-refractivity contribution >= 4 is 33.6 Å². The summed E-state index contributed by atoms with van der Waals surface area (Å²) < 4.78 is 6.41. The van der Waals surface area contributed by atoms with Crippen molar-refractivity contribution in [2.24, 2.45) is 0 Å². The largest absolute Gasteiger partial charge is 0.488 e. The molecule has 5 aromatic rings. The predicted molar refractivity (Wildman–Crippen MR) is 199 cm³/mol. The van der Waals surface area contributed by atoms with Crippen LogP contribution in [0.3, 0.4) is 0 Å². The lowest BCUT2D eigenvalue weighted by molar-refractivity contribution is -0.136. The van der Waals surface area contributed by atoms with Gasteiger partial charge >= 0.3 is 0 Å². The molecule has 50 heavy (non-hydrogen) atoms. The second-order valence-electron chi connectivity index (χ2n) is 14.2. The highest BCUT2D eigenvalue weighted by molar-refractivity contribution is 6.07. The number of amides is 2. The van der Waals surface area contributed by atoms with Gasteiger partial charge in [-0.2, -0.15) is 0 Å². The molecule has 262 valence electrons. The van der Waals surface area contributed by atoms with Gasteiger partial charge in [0.2, 0.25) is 11.8 Å². The Kier molecular flexibility index (Phi) is 9.42. The van der Waals surface area contributed by atoms with Crippen LogP contribution in [0.15, 0.2) is 48.7 Å². The summed E-state index contributed by atoms with van der Waals surface area (Å²) in [5.74, 6) is 2.91. The number of nitrogens with zero attached hydrogens (tertiary/aromatic N) is 4. The minimum atomic E-state index is -0.148. The standard InChI is InChI=1S/C41H50N6O3/c1-7-11-37(48)46(24(5)9-3)25(6)40-42-22-34(44-40)27-13-16-30-28(19-27)23-50-36-21-31-26(20-32(30)36)14-17-33-39(31)45-41(43-33)35-18-15-29(10-4)47(35)38(49)12-8-2/h13-14,16-17,19-22,24-25,29,35H,7-12,15,18,23H2,1-6H3,(H,42,44)(H,43,45)/t24-,25-,29-,35?/m0/s1. The molecule has 7 rings (SSSR count). The summed E-state index contributed by atoms with van der Waals surface area (Å²) in [5.41, 5.74) is 7.19. The summed E-state index contributed by atoms with van der Waals surface area (Å²) in [4.78, 5) is 47.2. The monoisotopic (exact) mass is 674 g/mol. The van der Waals surface area contributed by atoms with Crippen molar-refractivity contribution < 1.29 is 14.3 Å². The van der Waals surface area contributed by atoms with Gasteiger partial charge in [0, 0.05) is 35.9 Å². The zero-order chi connectivity index (χ0) is 35.1. The van der Waals surface area contributed by atoms with E-state index in [1.807, 2.05) is 18.0 Å². The third kappa shape index (κ3) is 5.94. The van der Waals surface area contributed by atoms with Crippen LogP contribution >= 0.6 is 0 Å². The highest BCUT2D eigenvalue weighted by Crippen LogP contribution is 2.44. The van der Waals surface area contributed by atoms with Gasteiger partial charge in [0.1, 0.15) is 24.0 Å². The molecule has 2 aliphatic rings. The number of ether oxygens (including phenoxy) is 1. The highest BCUT2D eigenvalue weighted by atomic mass is 16.5. The van der Waals surface area contributed by atoms with Crippen LogP contribution in [0.1, 0.15) is 122 Å². The second-order valence-corrected chi connectivity index (χ2v) is 14.2. The lowest BCUT2D eigenvalue weighted by atomic mass is 9.92. The van der Waals surface area contributed by atoms with Crippen molar-refractivity contribution in [3.8, 4) is 28.1 Å². The molecule has 2 aliphatic heterocycles. The van der Waals surface area contributed by atoms with Gasteiger partial charge in [-0.1, -0.05) is 45.9 Å². The van der Waals surface area contributed by atoms with E-state index in [0.717, 1.165) is 106 Å². The van der Waals surface area contributed by atoms with Crippen LogP contribution in [-0.4, -0.2) is 53.6 Å². The van der Waals surface area contributed by atoms with Gasteiger partial charge in [-0.15, -0.1) is 0 Å². The molecule has 4 heterocycles. The maximum atomic E-state index is 13.2. The molecule has 2 amide bonds. The molecular weight excluding hydrogens is 624 g/mol. The average molecular weight is 675 g/mol. The number of aromatic amines is 2. The first-order valence-corrected chi connectivity index (χ1v) is 18.7. The first kappa shape index (κ1) is 33.8. The fraction of sp³-hybridized carbons (Fsp3) is 0.463. The summed E-state index contributed by atoms with van der Waals surface area (Å²) in [6.07, 6.45) is 8.44. The Balaban J connectivity index is 1.17. The first-order chi connectivity index (χ1) is 24.3. The molecule has 9 heteroatoms. The normalized spacial score (nSPS) is 18.2. The molecule has 2 N–H and O–H groups in total. The van der Waals surface area contributed by atoms with Crippen LogP contribution in [-0.2, 0) is 16.2 Å². The van der Waals surface area contributed by atoms with E-state index in [2.05, 4.69) is 92.0 Å². The quantitative estimate of drug-likeness (QED) is 0.145. The van der Waals surface area contributed by atoms with Gasteiger partial charge in [0.05, 0.1) is 35.0 Å². The van der Waals surface area contributed by atoms with Crippen molar-refractivity contribution in [3.05, 3.63) is 65.9 Å². The van der Waals surface area contributed by atoms with E-state index in [0.29, 0.717) is 19.4 Å². The number of rotatable bonds is 11. The highest BCUT2D eigenvalue weighted by Gasteiger charge is 2.38. The number of aromatic nitrogens is 4. The topological polar surface area (TPSA) is 107 Å². The SMILES string of the molecule is CCCC(=O)N1C(c2nc3c(ccc4cc5c(cc43)OCc3cc(-c4cnc([C@H](C)N(C(=O)CCC)[C@@H](C)CC)[nH]4)ccc3-5)[nH]2)CC[C@@H]1CC. The molecule has 1 unspecified atom stereocenters. The van der Waals surface area contributed by atoms with Crippen LogP contribution in [0.5, 0.6) is 5.75 Å². The minimum Gasteiger partial charge on any atom is -0.488 e. The Bertz CT molecular complexity index is 2040. The van der Waals surface area contributed by atoms with Gasteiger partial charge in [0.25, 0.3) is 0 Å². The third-order valence-corrected chi connectivity index (χ3v) is 10.9. The number of carbonyl (C=O) groups is 2. The van der Waals surface area contributed by atoms with E-state index in [1.54, 1.807) is 0 Å². The lowest BCUT2D eigenvalue weighted by Gasteiger charge is -2.33. The second kappa shape index (κ2) is 13.9. The number of nitrogens with one attached hydrogen (secondary N) is 2. The number of hydrogen-bond acceptors (Lipinski definition) is 5. The van der Waals surface area contributed by atoms with Crippen molar-refractivity contribution in [1.29, 1.82) is 0 Å². The molecule has 3 aromatic carbocycles. The number of carbonyl (C=O) groups excluding carboxylic acids is 2. The number of hydrogen-bond donors (Lipinski definition) is 2. The van der Waals surface area contributed by atoms with E-state index >= 15 is 0 Å². The molecule has 4 atom stereocenters. The summed E-state index contributed by atoms with van der Waals surface area (Å²) in [6, 6.07) is 15.3. The molecule has 0 radical (unpaired) electrons. The van der Waals surface area contributed by atoms with E-state index in [4.69, 9.17) is 14.7 Å². The van der Waals surface area contributed by atoms with Crippen molar-refractivity contribution in [3.63, 3.8) is 0 Å². The van der Waals surface area contributed by atoms with Crippen LogP contribution in [0.25, 0.3) is 44.2 Å². The Morgan fingerprint density at radius 3 is 2.56 bits per heavy atom. The molecule has 1 fully saturated rings. The molecule has 2 aromatic heterocycles. The maximum absolute atomic E-state index is 13.2. The van der Waals surface area contributed by atoms with Crippen molar-refractivity contribution in [2.75, 3.05) is 0 Å². The number of fused-ring (bicyclic) bond motifs is 6. The Morgan fingerprint density at radius 1 is 0.980 bits per heavy atom. The lowest BCUT2D eigenvalue weighted by Crippen LogP contribution is -2.40. The Labute approximate surface area is 294 Å². The smallest absolute Gasteiger partial charge is 0.223 e. The number of benzene rings is 3. The van der Waals surface area contributed by atoms with Gasteiger partial charge < -0.3 is 24.5 Å². The van der Waals surface area contributed by atoms with Crippen LogP contribution < -0.4 is 4.74 Å².